The van der Waals surface area contributed by atoms with E-state index in [1.54, 1.807) is 0 Å². The third-order valence-corrected chi connectivity index (χ3v) is 2.14. The lowest BCUT2D eigenvalue weighted by Crippen LogP contribution is -2.18. The van der Waals surface area contributed by atoms with E-state index in [4.69, 9.17) is 0 Å². The van der Waals surface area contributed by atoms with Gasteiger partial charge in [-0.3, -0.25) is 0 Å². The van der Waals surface area contributed by atoms with Gasteiger partial charge in [0.1, 0.15) is 0 Å². The Morgan fingerprint density at radius 1 is 1.38 bits per heavy atom. The van der Waals surface area contributed by atoms with E-state index in [0.29, 0.717) is 0 Å². The molecule has 0 saturated carbocycles. The van der Waals surface area contributed by atoms with Gasteiger partial charge in [0.05, 0.1) is 0 Å². The third kappa shape index (κ3) is 2.58. The van der Waals surface area contributed by atoms with Crippen molar-refractivity contribution in [1.82, 2.24) is 5.32 Å². The topological polar surface area (TPSA) is 12.0 Å². The minimum Gasteiger partial charge on any atom is -0.316 e. The van der Waals surface area contributed by atoms with Crippen molar-refractivity contribution in [3.8, 4) is 0 Å². The van der Waals surface area contributed by atoms with E-state index in [0.717, 1.165) is 6.54 Å². The molecule has 0 unspecified atom stereocenters. The Bertz CT molecular complexity index is 32.5. The smallest absolute Gasteiger partial charge is 0.0303 e. The van der Waals surface area contributed by atoms with Gasteiger partial charge >= 0.3 is 0 Å². The van der Waals surface area contributed by atoms with Crippen molar-refractivity contribution < 1.29 is 0 Å². The van der Waals surface area contributed by atoms with Gasteiger partial charge in [0.2, 0.25) is 0 Å². The zero-order valence-electron chi connectivity index (χ0n) is 5.02. The molecule has 0 aromatic heterocycles. The van der Waals surface area contributed by atoms with Crippen LogP contribution in [0.5, 0.6) is 0 Å². The normalized spacial score (nSPS) is 24.0. The molecule has 1 nitrogen and oxygen atoms in total. The molecule has 0 atom stereocenters. The molecule has 0 aromatic carbocycles. The van der Waals surface area contributed by atoms with Crippen LogP contribution in [0.15, 0.2) is 0 Å². The number of thioether (sulfide) groups is 1. The molecule has 1 rings (SSSR count). The summed E-state index contributed by atoms with van der Waals surface area (Å²) in [7, 11) is 0. The van der Waals surface area contributed by atoms with Gasteiger partial charge in [-0.15, -0.1) is 0 Å². The molecule has 0 bridgehead atoms. The molecule has 1 N–H and O–H groups in total. The highest BCUT2D eigenvalue weighted by molar-refractivity contribution is 8.01. The molecule has 0 aliphatic carbocycles. The Morgan fingerprint density at radius 2 is 2.38 bits per heavy atom. The fraction of sp³-hybridized carbons (Fsp3) is 0.833. The van der Waals surface area contributed by atoms with Gasteiger partial charge in [0, 0.05) is 12.3 Å². The third-order valence-electron chi connectivity index (χ3n) is 1.21. The summed E-state index contributed by atoms with van der Waals surface area (Å²) in [5.41, 5.74) is 0. The molecule has 1 heterocycles. The Kier molecular flexibility index (Phi) is 3.39. The average molecular weight is 130 g/mol. The average Bonchev–Trinajstić information content (AvgIpc) is 1.62. The van der Waals surface area contributed by atoms with Crippen LogP contribution in [0.3, 0.4) is 0 Å². The zero-order chi connectivity index (χ0) is 5.66. The molecule has 0 aromatic rings. The Morgan fingerprint density at radius 3 is 3.38 bits per heavy atom. The van der Waals surface area contributed by atoms with Gasteiger partial charge < -0.3 is 5.32 Å². The summed E-state index contributed by atoms with van der Waals surface area (Å²) in [4.78, 5) is 0. The van der Waals surface area contributed by atoms with Crippen molar-refractivity contribution in [2.75, 3.05) is 18.8 Å². The van der Waals surface area contributed by atoms with Crippen molar-refractivity contribution in [3.63, 3.8) is 0 Å². The van der Waals surface area contributed by atoms with Gasteiger partial charge in [0.15, 0.2) is 0 Å². The van der Waals surface area contributed by atoms with Crippen molar-refractivity contribution in [3.05, 3.63) is 5.75 Å². The van der Waals surface area contributed by atoms with Crippen LogP contribution in [0, 0.1) is 5.75 Å². The highest BCUT2D eigenvalue weighted by Crippen LogP contribution is 2.08. The maximum absolute atomic E-state index is 3.31. The fourth-order valence-corrected chi connectivity index (χ4v) is 1.51. The lowest BCUT2D eigenvalue weighted by molar-refractivity contribution is 0.674. The number of nitrogens with one attached hydrogen (secondary N) is 1. The van der Waals surface area contributed by atoms with Crippen LogP contribution in [-0.4, -0.2) is 18.8 Å². The monoisotopic (exact) mass is 130 g/mol. The second-order valence-electron chi connectivity index (χ2n) is 1.95. The van der Waals surface area contributed by atoms with E-state index >= 15 is 0 Å². The Balaban J connectivity index is 2.00. The SMILES string of the molecule is [CH]1CNCCCCS1. The van der Waals surface area contributed by atoms with Crippen molar-refractivity contribution in [2.45, 2.75) is 12.8 Å². The molecule has 1 radical (unpaired) electrons. The summed E-state index contributed by atoms with van der Waals surface area (Å²) in [6, 6.07) is 0. The Labute approximate surface area is 55.2 Å². The molecule has 47 valence electrons. The van der Waals surface area contributed by atoms with Crippen LogP contribution in [0.1, 0.15) is 12.8 Å². The highest BCUT2D eigenvalue weighted by atomic mass is 32.2. The first-order valence-electron chi connectivity index (χ1n) is 3.14. The summed E-state index contributed by atoms with van der Waals surface area (Å²) in [6.07, 6.45) is 2.72. The highest BCUT2D eigenvalue weighted by Gasteiger charge is 1.94. The summed E-state index contributed by atoms with van der Waals surface area (Å²) < 4.78 is 0. The largest absolute Gasteiger partial charge is 0.316 e. The first-order valence-corrected chi connectivity index (χ1v) is 4.19. The molecule has 0 amide bonds. The molecule has 1 saturated heterocycles. The van der Waals surface area contributed by atoms with Gasteiger partial charge in [0.25, 0.3) is 0 Å². The Hall–Kier alpha value is 0.310. The van der Waals surface area contributed by atoms with E-state index in [-0.39, 0.29) is 0 Å². The summed E-state index contributed by atoms with van der Waals surface area (Å²) in [5.74, 6) is 3.57. The van der Waals surface area contributed by atoms with E-state index < -0.39 is 0 Å². The van der Waals surface area contributed by atoms with E-state index in [1.165, 1.54) is 25.1 Å². The molecule has 1 fully saturated rings. The molecule has 1 aliphatic heterocycles. The quantitative estimate of drug-likeness (QED) is 0.530. The van der Waals surface area contributed by atoms with Crippen LogP contribution in [0.4, 0.5) is 0 Å². The van der Waals surface area contributed by atoms with E-state index in [9.17, 15) is 0 Å². The lowest BCUT2D eigenvalue weighted by atomic mass is 10.3. The molecule has 1 aliphatic rings. The first kappa shape index (κ1) is 6.43. The van der Waals surface area contributed by atoms with Crippen LogP contribution in [0.2, 0.25) is 0 Å². The van der Waals surface area contributed by atoms with Crippen LogP contribution in [0.25, 0.3) is 0 Å². The lowest BCUT2D eigenvalue weighted by Gasteiger charge is -2.07. The van der Waals surface area contributed by atoms with E-state index in [1.807, 2.05) is 11.8 Å². The number of hydrogen-bond donors (Lipinski definition) is 1. The summed E-state index contributed by atoms with van der Waals surface area (Å²) in [6.45, 7) is 2.29. The van der Waals surface area contributed by atoms with Crippen molar-refractivity contribution >= 4 is 11.8 Å². The molecular formula is C6H12NS. The molecule has 2 heteroatoms. The van der Waals surface area contributed by atoms with Gasteiger partial charge in [-0.05, 0) is 25.1 Å². The second-order valence-corrected chi connectivity index (χ2v) is 3.02. The van der Waals surface area contributed by atoms with Crippen molar-refractivity contribution in [2.24, 2.45) is 0 Å². The standard InChI is InChI=1S/C6H12NS/c1-2-5-8-6-4-7-3-1/h6-7H,1-5H2. The number of hydrogen-bond acceptors (Lipinski definition) is 2. The maximum atomic E-state index is 3.31. The van der Waals surface area contributed by atoms with Gasteiger partial charge in [-0.25, -0.2) is 0 Å². The van der Waals surface area contributed by atoms with Crippen LogP contribution in [-0.2, 0) is 0 Å². The predicted octanol–water partition coefficient (Wildman–Crippen LogP) is 1.26. The summed E-state index contributed by atoms with van der Waals surface area (Å²) in [5, 5.41) is 3.31. The molecule has 8 heavy (non-hydrogen) atoms. The van der Waals surface area contributed by atoms with Crippen LogP contribution < -0.4 is 5.32 Å². The predicted molar refractivity (Wildman–Crippen MR) is 38.9 cm³/mol. The first-order chi connectivity index (χ1) is 4.00. The molecule has 0 spiro atoms. The fourth-order valence-electron chi connectivity index (χ4n) is 0.739. The zero-order valence-corrected chi connectivity index (χ0v) is 5.84. The van der Waals surface area contributed by atoms with Crippen molar-refractivity contribution in [1.29, 1.82) is 0 Å². The number of rotatable bonds is 0. The van der Waals surface area contributed by atoms with Gasteiger partial charge in [-0.2, -0.15) is 11.8 Å². The molecular weight excluding hydrogens is 118 g/mol. The van der Waals surface area contributed by atoms with Gasteiger partial charge in [-0.1, -0.05) is 0 Å². The summed E-state index contributed by atoms with van der Waals surface area (Å²) >= 11 is 1.94. The maximum Gasteiger partial charge on any atom is 0.0303 e. The minimum atomic E-state index is 1.09. The minimum absolute atomic E-state index is 1.09. The van der Waals surface area contributed by atoms with E-state index in [2.05, 4.69) is 11.1 Å². The van der Waals surface area contributed by atoms with Crippen LogP contribution >= 0.6 is 11.8 Å². The second kappa shape index (κ2) is 4.21.